The zero-order valence-electron chi connectivity index (χ0n) is 24.3. The Morgan fingerprint density at radius 3 is 1.82 bits per heavy atom. The van der Waals surface area contributed by atoms with Crippen LogP contribution in [0.3, 0.4) is 0 Å². The molecule has 44 heavy (non-hydrogen) atoms. The van der Waals surface area contributed by atoms with Crippen LogP contribution in [0.15, 0.2) is 140 Å². The molecule has 0 aliphatic carbocycles. The first kappa shape index (κ1) is 26.4. The topological polar surface area (TPSA) is 34.4 Å². The first-order valence-electron chi connectivity index (χ1n) is 14.8. The summed E-state index contributed by atoms with van der Waals surface area (Å²) in [5.74, 6) is 0. The summed E-state index contributed by atoms with van der Waals surface area (Å²) in [6, 6.07) is 43.4. The van der Waals surface area contributed by atoms with E-state index in [2.05, 4.69) is 89.9 Å². The Morgan fingerprint density at radius 1 is 0.659 bits per heavy atom. The zero-order chi connectivity index (χ0) is 29.8. The van der Waals surface area contributed by atoms with Gasteiger partial charge in [0.2, 0.25) is 0 Å². The summed E-state index contributed by atoms with van der Waals surface area (Å²) in [4.78, 5) is 5.12. The number of rotatable bonds is 5. The summed E-state index contributed by atoms with van der Waals surface area (Å²) in [7, 11) is -3.32. The minimum Gasteiger partial charge on any atom is -0.309 e. The molecule has 6 aromatic carbocycles. The van der Waals surface area contributed by atoms with E-state index in [9.17, 15) is 0 Å². The van der Waals surface area contributed by atoms with Gasteiger partial charge in [0, 0.05) is 26.9 Å². The molecule has 2 heterocycles. The summed E-state index contributed by atoms with van der Waals surface area (Å²) in [5.41, 5.74) is 4.69. The van der Waals surface area contributed by atoms with Gasteiger partial charge >= 0.3 is 0 Å². The molecule has 210 valence electrons. The Bertz CT molecular complexity index is 2440. The molecule has 0 saturated heterocycles. The van der Waals surface area contributed by atoms with E-state index in [1.807, 2.05) is 73.7 Å². The van der Waals surface area contributed by atoms with Gasteiger partial charge in [-0.15, -0.1) is 0 Å². The fraction of sp³-hybridized carbons (Fsp3) is 0.0250. The van der Waals surface area contributed by atoms with Gasteiger partial charge in [-0.1, -0.05) is 116 Å². The van der Waals surface area contributed by atoms with Gasteiger partial charge in [-0.25, -0.2) is 4.98 Å². The first-order valence-corrected chi connectivity index (χ1v) is 16.5. The summed E-state index contributed by atoms with van der Waals surface area (Å²) in [6.45, 7) is 6.19. The normalized spacial score (nSPS) is 12.3. The summed E-state index contributed by atoms with van der Waals surface area (Å²) < 4.78 is 18.1. The highest BCUT2D eigenvalue weighted by Gasteiger charge is 2.31. The van der Waals surface area contributed by atoms with Gasteiger partial charge in [0.25, 0.3) is 0 Å². The first-order chi connectivity index (χ1) is 21.6. The Morgan fingerprint density at radius 2 is 1.20 bits per heavy atom. The van der Waals surface area contributed by atoms with Crippen LogP contribution in [-0.4, -0.2) is 9.38 Å². The number of allylic oxidation sites excluding steroid dienone is 1. The van der Waals surface area contributed by atoms with Crippen molar-refractivity contribution in [2.45, 2.75) is 6.92 Å². The van der Waals surface area contributed by atoms with E-state index in [4.69, 9.17) is 4.98 Å². The highest BCUT2D eigenvalue weighted by molar-refractivity contribution is 7.85. The predicted octanol–water partition coefficient (Wildman–Crippen LogP) is 9.26. The molecule has 8 rings (SSSR count). The Balaban J connectivity index is 1.48. The molecule has 0 aliphatic rings. The molecular formula is C40H29N2OP. The van der Waals surface area contributed by atoms with Crippen LogP contribution in [-0.2, 0) is 4.57 Å². The monoisotopic (exact) mass is 584 g/mol. The van der Waals surface area contributed by atoms with E-state index in [0.717, 1.165) is 76.2 Å². The molecule has 0 N–H and O–H groups in total. The van der Waals surface area contributed by atoms with Crippen molar-refractivity contribution in [3.8, 4) is 0 Å². The molecule has 0 radical (unpaired) electrons. The maximum Gasteiger partial charge on any atom is 0.171 e. The van der Waals surface area contributed by atoms with Crippen LogP contribution in [0.5, 0.6) is 0 Å². The van der Waals surface area contributed by atoms with Gasteiger partial charge in [-0.2, -0.15) is 0 Å². The van der Waals surface area contributed by atoms with E-state index in [0.29, 0.717) is 0 Å². The molecule has 3 nitrogen and oxygen atoms in total. The number of pyridine rings is 1. The molecule has 0 unspecified atom stereocenters. The van der Waals surface area contributed by atoms with E-state index in [-0.39, 0.29) is 0 Å². The maximum atomic E-state index is 15.9. The van der Waals surface area contributed by atoms with Crippen molar-refractivity contribution in [2.24, 2.45) is 0 Å². The van der Waals surface area contributed by atoms with Gasteiger partial charge in [0.15, 0.2) is 7.14 Å². The van der Waals surface area contributed by atoms with Crippen molar-refractivity contribution in [1.82, 2.24) is 9.38 Å². The molecule has 0 spiro atoms. The van der Waals surface area contributed by atoms with E-state index >= 15 is 4.57 Å². The van der Waals surface area contributed by atoms with Crippen LogP contribution in [0.4, 0.5) is 0 Å². The van der Waals surface area contributed by atoms with Crippen LogP contribution in [0.2, 0.25) is 0 Å². The quantitative estimate of drug-likeness (QED) is 0.189. The van der Waals surface area contributed by atoms with Gasteiger partial charge < -0.3 is 4.57 Å². The van der Waals surface area contributed by atoms with Gasteiger partial charge in [0.1, 0.15) is 5.65 Å². The number of imidazole rings is 1. The number of aromatic nitrogens is 2. The predicted molar refractivity (Wildman–Crippen MR) is 189 cm³/mol. The summed E-state index contributed by atoms with van der Waals surface area (Å²) in [6.07, 6.45) is 6.07. The standard InChI is InChI=1S/C40H29N2OP/c1-3-11-38-34(4-2)35-16-9-10-17-36(35)40-41-37-23-22-33(26-39(37)42(38)40)44(43,31-20-18-27-12-5-7-14-29(27)24-31)32-21-19-28-13-6-8-15-30(28)25-32/h3-26H,2H2,1H3/b11-3-. The van der Waals surface area contributed by atoms with Crippen molar-refractivity contribution >= 4 is 84.2 Å². The molecule has 0 fully saturated rings. The average Bonchev–Trinajstić information content (AvgIpc) is 3.47. The zero-order valence-corrected chi connectivity index (χ0v) is 25.2. The fourth-order valence-electron chi connectivity index (χ4n) is 6.58. The van der Waals surface area contributed by atoms with Gasteiger partial charge in [0.05, 0.1) is 16.7 Å². The number of fused-ring (bicyclic) bond motifs is 7. The summed E-state index contributed by atoms with van der Waals surface area (Å²) >= 11 is 0. The number of hydrogen-bond acceptors (Lipinski definition) is 2. The number of nitrogens with zero attached hydrogens (tertiary/aromatic N) is 2. The van der Waals surface area contributed by atoms with Crippen molar-refractivity contribution in [1.29, 1.82) is 0 Å². The van der Waals surface area contributed by atoms with Crippen LogP contribution in [0.1, 0.15) is 18.2 Å². The van der Waals surface area contributed by atoms with E-state index in [1.165, 1.54) is 0 Å². The third-order valence-corrected chi connectivity index (χ3v) is 11.7. The minimum atomic E-state index is -3.32. The third kappa shape index (κ3) is 3.90. The van der Waals surface area contributed by atoms with Crippen LogP contribution >= 0.6 is 7.14 Å². The largest absolute Gasteiger partial charge is 0.309 e. The van der Waals surface area contributed by atoms with Gasteiger partial charge in [-0.3, -0.25) is 4.40 Å². The highest BCUT2D eigenvalue weighted by Crippen LogP contribution is 2.44. The van der Waals surface area contributed by atoms with Crippen molar-refractivity contribution in [3.05, 3.63) is 151 Å². The molecular weight excluding hydrogens is 555 g/mol. The molecule has 0 amide bonds. The maximum absolute atomic E-state index is 15.9. The highest BCUT2D eigenvalue weighted by atomic mass is 31.2. The lowest BCUT2D eigenvalue weighted by Crippen LogP contribution is -2.25. The smallest absolute Gasteiger partial charge is 0.171 e. The Kier molecular flexibility index (Phi) is 6.11. The van der Waals surface area contributed by atoms with Crippen LogP contribution < -0.4 is 15.9 Å². The number of benzene rings is 6. The van der Waals surface area contributed by atoms with Crippen molar-refractivity contribution in [3.63, 3.8) is 0 Å². The second-order valence-electron chi connectivity index (χ2n) is 11.2. The number of hydrogen-bond donors (Lipinski definition) is 0. The lowest BCUT2D eigenvalue weighted by Gasteiger charge is -2.21. The molecule has 4 heteroatoms. The average molecular weight is 585 g/mol. The van der Waals surface area contributed by atoms with Crippen molar-refractivity contribution < 1.29 is 4.57 Å². The minimum absolute atomic E-state index is 0.775. The molecule has 2 aromatic heterocycles. The molecule has 0 bridgehead atoms. The van der Waals surface area contributed by atoms with E-state index < -0.39 is 7.14 Å². The molecule has 0 aliphatic heterocycles. The Labute approximate surface area is 255 Å². The molecule has 0 saturated carbocycles. The fourth-order valence-corrected chi connectivity index (χ4v) is 9.28. The summed E-state index contributed by atoms with van der Waals surface area (Å²) in [5, 5.41) is 8.95. The second kappa shape index (κ2) is 10.2. The van der Waals surface area contributed by atoms with Crippen molar-refractivity contribution in [2.75, 3.05) is 0 Å². The van der Waals surface area contributed by atoms with Crippen LogP contribution in [0.25, 0.3) is 61.1 Å². The SMILES string of the molecule is C=Cc1c(/C=C\C)n2c3cc(P(=O)(c4ccc5ccccc5c4)c4ccc5ccccc5c4)ccc3nc2c2ccccc12. The molecule has 0 atom stereocenters. The lowest BCUT2D eigenvalue weighted by atomic mass is 10.0. The third-order valence-electron chi connectivity index (χ3n) is 8.70. The Hall–Kier alpha value is -5.24. The van der Waals surface area contributed by atoms with Crippen LogP contribution in [0, 0.1) is 0 Å². The van der Waals surface area contributed by atoms with Gasteiger partial charge in [-0.05, 0) is 70.3 Å². The van der Waals surface area contributed by atoms with E-state index in [1.54, 1.807) is 0 Å². The molecule has 8 aromatic rings. The lowest BCUT2D eigenvalue weighted by molar-refractivity contribution is 0.592. The second-order valence-corrected chi connectivity index (χ2v) is 13.9.